The molecule has 3 heterocycles. The summed E-state index contributed by atoms with van der Waals surface area (Å²) in [6, 6.07) is 30.6. The standard InChI is InChI=1S/C54H55Br2N3O3S3/c1-6-7-10-30-58-44-26-18-37-33-39(55)22-24-41(37)49(44)53(2,3)47(58)28-20-35-14-13-15-36(51(35)64-52-57-43-16-8-9-17-46(43)63-52)21-29-48-54(4,5)50-42-25-23-40(56)34-38(42)19-27-45(50)59(48)31-11-12-32-65(60,61)62/h8-9,16-29,33-34H,6-7,10-15,30-32H2,1-5H3/p+1. The number of aromatic nitrogens is 1. The summed E-state index contributed by atoms with van der Waals surface area (Å²) in [5.41, 5.74) is 10.8. The molecular weight excluding hydrogens is 995 g/mol. The van der Waals surface area contributed by atoms with Gasteiger partial charge in [0, 0.05) is 61.3 Å². The van der Waals surface area contributed by atoms with Crippen LogP contribution in [0.5, 0.6) is 0 Å². The van der Waals surface area contributed by atoms with Gasteiger partial charge in [0.15, 0.2) is 10.1 Å². The van der Waals surface area contributed by atoms with Crippen LogP contribution in [-0.2, 0) is 20.9 Å². The average Bonchev–Trinajstić information content (AvgIpc) is 3.85. The van der Waals surface area contributed by atoms with Gasteiger partial charge in [0.25, 0.3) is 10.1 Å². The summed E-state index contributed by atoms with van der Waals surface area (Å²) in [6.07, 6.45) is 17.0. The molecule has 65 heavy (non-hydrogen) atoms. The van der Waals surface area contributed by atoms with E-state index in [1.165, 1.54) is 83.4 Å². The minimum Gasteiger partial charge on any atom is -0.344 e. The van der Waals surface area contributed by atoms with Gasteiger partial charge in [-0.25, -0.2) is 4.98 Å². The van der Waals surface area contributed by atoms with Crippen molar-refractivity contribution in [3.8, 4) is 0 Å². The van der Waals surface area contributed by atoms with Crippen molar-refractivity contribution in [2.24, 2.45) is 0 Å². The van der Waals surface area contributed by atoms with Crippen molar-refractivity contribution in [1.82, 2.24) is 4.98 Å². The van der Waals surface area contributed by atoms with Gasteiger partial charge in [-0.3, -0.25) is 4.55 Å². The van der Waals surface area contributed by atoms with Gasteiger partial charge >= 0.3 is 0 Å². The molecular formula is C54H56Br2N3O3S3+. The predicted octanol–water partition coefficient (Wildman–Crippen LogP) is 15.8. The topological polar surface area (TPSA) is 73.5 Å². The average molecular weight is 1050 g/mol. The maximum atomic E-state index is 11.7. The van der Waals surface area contributed by atoms with Crippen molar-refractivity contribution in [3.63, 3.8) is 0 Å². The van der Waals surface area contributed by atoms with Gasteiger partial charge in [0.2, 0.25) is 5.69 Å². The van der Waals surface area contributed by atoms with Crippen LogP contribution in [0.1, 0.15) is 97.1 Å². The number of fused-ring (bicyclic) bond motifs is 7. The maximum absolute atomic E-state index is 11.7. The van der Waals surface area contributed by atoms with E-state index < -0.39 is 10.1 Å². The number of hydrogen-bond acceptors (Lipinski definition) is 6. The summed E-state index contributed by atoms with van der Waals surface area (Å²) >= 11 is 11.0. The first-order valence-corrected chi connectivity index (χ1v) is 27.7. The first-order valence-electron chi connectivity index (χ1n) is 22.8. The zero-order valence-electron chi connectivity index (χ0n) is 37.8. The van der Waals surface area contributed by atoms with Crippen molar-refractivity contribution >= 4 is 114 Å². The first kappa shape index (κ1) is 46.3. The summed E-state index contributed by atoms with van der Waals surface area (Å²) in [7, 11) is -4.04. The summed E-state index contributed by atoms with van der Waals surface area (Å²) in [6.45, 7) is 13.3. The fraction of sp³-hybridized carbons (Fsp3) is 0.333. The molecule has 11 heteroatoms. The van der Waals surface area contributed by atoms with Gasteiger partial charge < -0.3 is 4.90 Å². The highest BCUT2D eigenvalue weighted by molar-refractivity contribution is 9.10. The summed E-state index contributed by atoms with van der Waals surface area (Å²) in [4.78, 5) is 8.80. The lowest BCUT2D eigenvalue weighted by Gasteiger charge is -2.27. The third-order valence-corrected chi connectivity index (χ3v) is 17.6. The lowest BCUT2D eigenvalue weighted by molar-refractivity contribution is -0.438. The Morgan fingerprint density at radius 1 is 0.831 bits per heavy atom. The lowest BCUT2D eigenvalue weighted by Crippen LogP contribution is -2.28. The van der Waals surface area contributed by atoms with Crippen LogP contribution in [0, 0.1) is 0 Å². The van der Waals surface area contributed by atoms with Crippen molar-refractivity contribution in [1.29, 1.82) is 0 Å². The molecule has 0 saturated carbocycles. The third kappa shape index (κ3) is 9.27. The molecule has 336 valence electrons. The molecule has 0 unspecified atom stereocenters. The van der Waals surface area contributed by atoms with E-state index in [-0.39, 0.29) is 16.6 Å². The molecule has 0 radical (unpaired) electrons. The van der Waals surface area contributed by atoms with Crippen molar-refractivity contribution in [3.05, 3.63) is 151 Å². The molecule has 1 aliphatic carbocycles. The van der Waals surface area contributed by atoms with Gasteiger partial charge in [-0.05, 0) is 145 Å². The molecule has 2 aliphatic heterocycles. The normalized spacial score (nSPS) is 18.4. The van der Waals surface area contributed by atoms with E-state index in [1.807, 2.05) is 0 Å². The van der Waals surface area contributed by atoms with E-state index in [2.05, 4.69) is 185 Å². The maximum Gasteiger partial charge on any atom is 0.264 e. The molecule has 0 atom stereocenters. The summed E-state index contributed by atoms with van der Waals surface area (Å²) < 4.78 is 39.9. The number of nitrogens with zero attached hydrogens (tertiary/aromatic N) is 3. The number of thiazole rings is 1. The molecule has 0 amide bonds. The van der Waals surface area contributed by atoms with E-state index in [4.69, 9.17) is 4.98 Å². The highest BCUT2D eigenvalue weighted by Crippen LogP contribution is 2.52. The molecule has 9 rings (SSSR count). The monoisotopic (exact) mass is 1050 g/mol. The van der Waals surface area contributed by atoms with Crippen LogP contribution in [0.4, 0.5) is 11.4 Å². The van der Waals surface area contributed by atoms with E-state index in [9.17, 15) is 13.0 Å². The highest BCUT2D eigenvalue weighted by Gasteiger charge is 2.46. The van der Waals surface area contributed by atoms with Crippen LogP contribution < -0.4 is 4.90 Å². The van der Waals surface area contributed by atoms with Crippen LogP contribution in [0.15, 0.2) is 144 Å². The van der Waals surface area contributed by atoms with Crippen LogP contribution >= 0.6 is 55.0 Å². The predicted molar refractivity (Wildman–Crippen MR) is 283 cm³/mol. The Morgan fingerprint density at radius 2 is 1.55 bits per heavy atom. The number of rotatable bonds is 14. The zero-order valence-corrected chi connectivity index (χ0v) is 43.4. The Balaban J connectivity index is 1.16. The number of halogens is 2. The van der Waals surface area contributed by atoms with Crippen LogP contribution in [0.2, 0.25) is 0 Å². The van der Waals surface area contributed by atoms with Gasteiger partial charge in [0.1, 0.15) is 6.54 Å². The molecule has 1 aromatic heterocycles. The number of para-hydroxylation sites is 1. The summed E-state index contributed by atoms with van der Waals surface area (Å²) in [5.74, 6) is -0.243. The molecule has 6 nitrogen and oxygen atoms in total. The van der Waals surface area contributed by atoms with Crippen molar-refractivity contribution in [2.75, 3.05) is 23.7 Å². The fourth-order valence-electron chi connectivity index (χ4n) is 10.4. The highest BCUT2D eigenvalue weighted by atomic mass is 79.9. The molecule has 0 saturated heterocycles. The largest absolute Gasteiger partial charge is 0.344 e. The molecule has 0 bridgehead atoms. The number of unbranched alkanes of at least 4 members (excludes halogenated alkanes) is 3. The van der Waals surface area contributed by atoms with Crippen molar-refractivity contribution < 1.29 is 17.5 Å². The quantitative estimate of drug-likeness (QED) is 0.0666. The van der Waals surface area contributed by atoms with Gasteiger partial charge in [-0.2, -0.15) is 13.0 Å². The van der Waals surface area contributed by atoms with Gasteiger partial charge in [-0.15, -0.1) is 11.3 Å². The fourth-order valence-corrected chi connectivity index (χ4v) is 14.0. The Hall–Kier alpha value is -3.84. The number of allylic oxidation sites excluding steroid dienone is 7. The molecule has 6 aromatic rings. The molecule has 5 aromatic carbocycles. The second-order valence-electron chi connectivity index (χ2n) is 18.6. The van der Waals surface area contributed by atoms with Crippen molar-refractivity contribution in [2.45, 2.75) is 101 Å². The minimum absolute atomic E-state index is 0.210. The van der Waals surface area contributed by atoms with Crippen LogP contribution in [-0.4, -0.2) is 47.1 Å². The first-order chi connectivity index (χ1) is 31.1. The van der Waals surface area contributed by atoms with E-state index in [1.54, 1.807) is 23.1 Å². The molecule has 3 aliphatic rings. The minimum atomic E-state index is -4.04. The van der Waals surface area contributed by atoms with Crippen LogP contribution in [0.3, 0.4) is 0 Å². The Morgan fingerprint density at radius 3 is 2.28 bits per heavy atom. The number of hydrogen-bond donors (Lipinski definition) is 1. The lowest BCUT2D eigenvalue weighted by atomic mass is 9.78. The van der Waals surface area contributed by atoms with E-state index in [0.29, 0.717) is 19.4 Å². The molecule has 0 fully saturated rings. The molecule has 0 spiro atoms. The number of benzene rings is 5. The third-order valence-electron chi connectivity index (χ3n) is 13.5. The van der Waals surface area contributed by atoms with Gasteiger partial charge in [-0.1, -0.05) is 113 Å². The second kappa shape index (κ2) is 18.7. The number of thioether (sulfide) groups is 1. The SMILES string of the molecule is CCCCC[N+]1=C(/C=C/C2=C(Sc3nc4ccccc4s3)C(=C/C=C3/N(CCCCS(=O)(=O)O)c4ccc5cc(Br)ccc5c4C3(C)C)/CCC2)C(C)(C)c2c1ccc1cc(Br)ccc21. The van der Waals surface area contributed by atoms with Crippen LogP contribution in [0.25, 0.3) is 31.8 Å². The Kier molecular flexibility index (Phi) is 13.3. The Labute approximate surface area is 409 Å². The number of anilines is 1. The van der Waals surface area contributed by atoms with E-state index >= 15 is 0 Å². The molecule has 1 N–H and O–H groups in total. The van der Waals surface area contributed by atoms with Gasteiger partial charge in [0.05, 0.1) is 21.4 Å². The second-order valence-corrected chi connectivity index (χ2v) is 24.3. The smallest absolute Gasteiger partial charge is 0.264 e. The van der Waals surface area contributed by atoms with E-state index in [0.717, 1.165) is 56.7 Å². The summed E-state index contributed by atoms with van der Waals surface area (Å²) in [5, 5.41) is 4.96. The Bertz CT molecular complexity index is 3110. The zero-order chi connectivity index (χ0) is 45.7.